The molecule has 0 unspecified atom stereocenters. The van der Waals surface area contributed by atoms with Crippen molar-refractivity contribution in [3.8, 4) is 28.4 Å². The van der Waals surface area contributed by atoms with Gasteiger partial charge < -0.3 is 4.74 Å². The first kappa shape index (κ1) is 19.8. The molecule has 0 aliphatic carbocycles. The third kappa shape index (κ3) is 3.93. The van der Waals surface area contributed by atoms with Gasteiger partial charge >= 0.3 is 0 Å². The fraction of sp³-hybridized carbons (Fsp3) is 0.0741. The van der Waals surface area contributed by atoms with Gasteiger partial charge in [-0.05, 0) is 66.1 Å². The van der Waals surface area contributed by atoms with Gasteiger partial charge in [0.15, 0.2) is 5.82 Å². The molecule has 0 fully saturated rings. The van der Waals surface area contributed by atoms with Gasteiger partial charge in [-0.3, -0.25) is 4.98 Å². The monoisotopic (exact) mass is 421 g/mol. The second kappa shape index (κ2) is 8.55. The molecule has 2 aromatic heterocycles. The first-order valence-corrected chi connectivity index (χ1v) is 10.3. The van der Waals surface area contributed by atoms with Crippen LogP contribution in [0.5, 0.6) is 5.75 Å². The number of fused-ring (bicyclic) bond motifs is 1. The normalized spacial score (nSPS) is 10.9. The number of hydrogen-bond acceptors (Lipinski definition) is 4. The van der Waals surface area contributed by atoms with Gasteiger partial charge in [0, 0.05) is 23.3 Å². The topological polar surface area (TPSA) is 47.9 Å². The van der Waals surface area contributed by atoms with Crippen LogP contribution in [0, 0.1) is 5.82 Å². The molecule has 5 rings (SSSR count). The van der Waals surface area contributed by atoms with Crippen molar-refractivity contribution in [3.63, 3.8) is 0 Å². The molecule has 0 radical (unpaired) electrons. The third-order valence-corrected chi connectivity index (χ3v) is 5.37. The fourth-order valence-electron chi connectivity index (χ4n) is 3.80. The molecule has 32 heavy (non-hydrogen) atoms. The highest BCUT2D eigenvalue weighted by atomic mass is 19.1. The van der Waals surface area contributed by atoms with E-state index in [-0.39, 0.29) is 5.82 Å². The van der Waals surface area contributed by atoms with Crippen LogP contribution in [0.1, 0.15) is 11.1 Å². The summed E-state index contributed by atoms with van der Waals surface area (Å²) in [5.74, 6) is 0.851. The van der Waals surface area contributed by atoms with Crippen molar-refractivity contribution < 1.29 is 9.13 Å². The summed E-state index contributed by atoms with van der Waals surface area (Å²) in [4.78, 5) is 13.6. The summed E-state index contributed by atoms with van der Waals surface area (Å²) in [6.07, 6.45) is 4.20. The fourth-order valence-corrected chi connectivity index (χ4v) is 3.80. The predicted molar refractivity (Wildman–Crippen MR) is 124 cm³/mol. The number of halogens is 1. The maximum absolute atomic E-state index is 14.5. The Morgan fingerprint density at radius 3 is 2.44 bits per heavy atom. The molecule has 0 saturated carbocycles. The molecular formula is C27H20FN3O. The molecule has 0 aliphatic rings. The number of methoxy groups -OCH3 is 1. The molecule has 0 bridgehead atoms. The van der Waals surface area contributed by atoms with E-state index in [4.69, 9.17) is 9.72 Å². The van der Waals surface area contributed by atoms with E-state index in [9.17, 15) is 4.39 Å². The van der Waals surface area contributed by atoms with Crippen molar-refractivity contribution in [3.05, 3.63) is 108 Å². The predicted octanol–water partition coefficient (Wildman–Crippen LogP) is 6.10. The van der Waals surface area contributed by atoms with Gasteiger partial charge in [-0.15, -0.1) is 0 Å². The molecule has 0 N–H and O–H groups in total. The molecule has 0 atom stereocenters. The molecular weight excluding hydrogens is 401 g/mol. The number of ether oxygens (including phenoxy) is 1. The van der Waals surface area contributed by atoms with Crippen LogP contribution in [0.3, 0.4) is 0 Å². The van der Waals surface area contributed by atoms with Gasteiger partial charge in [0.05, 0.1) is 23.9 Å². The largest absolute Gasteiger partial charge is 0.497 e. The second-order valence-electron chi connectivity index (χ2n) is 7.49. The number of pyridine rings is 1. The Bertz CT molecular complexity index is 1400. The van der Waals surface area contributed by atoms with E-state index in [1.807, 2.05) is 36.4 Å². The summed E-state index contributed by atoms with van der Waals surface area (Å²) in [7, 11) is 1.67. The highest BCUT2D eigenvalue weighted by Crippen LogP contribution is 2.31. The van der Waals surface area contributed by atoms with Crippen molar-refractivity contribution in [2.45, 2.75) is 6.42 Å². The van der Waals surface area contributed by atoms with Gasteiger partial charge in [-0.1, -0.05) is 30.3 Å². The maximum Gasteiger partial charge on any atom is 0.163 e. The van der Waals surface area contributed by atoms with Crippen LogP contribution in [0.4, 0.5) is 4.39 Å². The standard InChI is InChI=1S/C27H20FN3O/c1-32-21-6-4-5-18(16-21)15-19-9-10-25-23(17-19)26(20-11-13-29-14-12-20)31-27(30-25)22-7-2-3-8-24(22)28/h2-14,16-17H,15H2,1H3. The Labute approximate surface area is 185 Å². The van der Waals surface area contributed by atoms with E-state index >= 15 is 0 Å². The molecule has 3 aromatic carbocycles. The lowest BCUT2D eigenvalue weighted by molar-refractivity contribution is 0.414. The SMILES string of the molecule is COc1cccc(Cc2ccc3nc(-c4ccccc4F)nc(-c4ccncc4)c3c2)c1. The summed E-state index contributed by atoms with van der Waals surface area (Å²) in [5, 5.41) is 0.914. The van der Waals surface area contributed by atoms with Crippen molar-refractivity contribution in [2.24, 2.45) is 0 Å². The molecule has 5 heteroatoms. The summed E-state index contributed by atoms with van der Waals surface area (Å²) in [5.41, 5.74) is 5.08. The van der Waals surface area contributed by atoms with E-state index in [2.05, 4.69) is 28.2 Å². The van der Waals surface area contributed by atoms with Crippen LogP contribution in [0.25, 0.3) is 33.5 Å². The summed E-state index contributed by atoms with van der Waals surface area (Å²) in [6.45, 7) is 0. The van der Waals surface area contributed by atoms with E-state index in [0.717, 1.165) is 45.5 Å². The lowest BCUT2D eigenvalue weighted by Crippen LogP contribution is -1.98. The van der Waals surface area contributed by atoms with Crippen LogP contribution < -0.4 is 4.74 Å². The van der Waals surface area contributed by atoms with Gasteiger partial charge in [0.2, 0.25) is 0 Å². The number of rotatable bonds is 5. The molecule has 5 aromatic rings. The average molecular weight is 421 g/mol. The summed E-state index contributed by atoms with van der Waals surface area (Å²) in [6, 6.07) is 24.5. The van der Waals surface area contributed by atoms with Crippen molar-refractivity contribution >= 4 is 10.9 Å². The zero-order chi connectivity index (χ0) is 21.9. The third-order valence-electron chi connectivity index (χ3n) is 5.37. The smallest absolute Gasteiger partial charge is 0.163 e. The van der Waals surface area contributed by atoms with E-state index in [0.29, 0.717) is 11.4 Å². The first-order chi connectivity index (χ1) is 15.7. The number of hydrogen-bond donors (Lipinski definition) is 0. The Morgan fingerprint density at radius 2 is 1.62 bits per heavy atom. The van der Waals surface area contributed by atoms with Crippen molar-refractivity contribution in [2.75, 3.05) is 7.11 Å². The summed E-state index contributed by atoms with van der Waals surface area (Å²) < 4.78 is 19.8. The van der Waals surface area contributed by atoms with Gasteiger partial charge in [-0.2, -0.15) is 0 Å². The highest BCUT2D eigenvalue weighted by molar-refractivity contribution is 5.94. The molecule has 0 saturated heterocycles. The van der Waals surface area contributed by atoms with Gasteiger partial charge in [0.1, 0.15) is 11.6 Å². The van der Waals surface area contributed by atoms with Gasteiger partial charge in [-0.25, -0.2) is 14.4 Å². The quantitative estimate of drug-likeness (QED) is 0.344. The number of aromatic nitrogens is 3. The average Bonchev–Trinajstić information content (AvgIpc) is 2.84. The Balaban J connectivity index is 1.66. The van der Waals surface area contributed by atoms with Crippen LogP contribution in [-0.4, -0.2) is 22.1 Å². The molecule has 0 amide bonds. The minimum absolute atomic E-state index is 0.345. The zero-order valence-electron chi connectivity index (χ0n) is 17.5. The van der Waals surface area contributed by atoms with E-state index in [1.54, 1.807) is 37.7 Å². The first-order valence-electron chi connectivity index (χ1n) is 10.3. The zero-order valence-corrected chi connectivity index (χ0v) is 17.5. The molecule has 4 nitrogen and oxygen atoms in total. The second-order valence-corrected chi connectivity index (χ2v) is 7.49. The van der Waals surface area contributed by atoms with Crippen LogP contribution in [0.15, 0.2) is 91.3 Å². The van der Waals surface area contributed by atoms with Crippen molar-refractivity contribution in [1.29, 1.82) is 0 Å². The Kier molecular flexibility index (Phi) is 5.30. The van der Waals surface area contributed by atoms with E-state index in [1.165, 1.54) is 6.07 Å². The van der Waals surface area contributed by atoms with Crippen LogP contribution in [-0.2, 0) is 6.42 Å². The minimum atomic E-state index is -0.345. The van der Waals surface area contributed by atoms with Gasteiger partial charge in [0.25, 0.3) is 0 Å². The lowest BCUT2D eigenvalue weighted by Gasteiger charge is -2.12. The van der Waals surface area contributed by atoms with E-state index < -0.39 is 0 Å². The minimum Gasteiger partial charge on any atom is -0.497 e. The number of nitrogens with zero attached hydrogens (tertiary/aromatic N) is 3. The molecule has 0 aliphatic heterocycles. The Morgan fingerprint density at radius 1 is 0.812 bits per heavy atom. The molecule has 2 heterocycles. The highest BCUT2D eigenvalue weighted by Gasteiger charge is 2.14. The van der Waals surface area contributed by atoms with Crippen LogP contribution in [0.2, 0.25) is 0 Å². The summed E-state index contributed by atoms with van der Waals surface area (Å²) >= 11 is 0. The number of benzene rings is 3. The lowest BCUT2D eigenvalue weighted by atomic mass is 10.00. The van der Waals surface area contributed by atoms with Crippen LogP contribution >= 0.6 is 0 Å². The Hall–Kier alpha value is -4.12. The maximum atomic E-state index is 14.5. The van der Waals surface area contributed by atoms with Crippen molar-refractivity contribution in [1.82, 2.24) is 15.0 Å². The molecule has 156 valence electrons. The molecule has 0 spiro atoms.